The Morgan fingerprint density at radius 2 is 2.09 bits per heavy atom. The first-order valence-corrected chi connectivity index (χ1v) is 8.26. The van der Waals surface area contributed by atoms with Crippen molar-refractivity contribution in [1.82, 2.24) is 19.9 Å². The number of hydrogen-bond acceptors (Lipinski definition) is 5. The summed E-state index contributed by atoms with van der Waals surface area (Å²) in [6.07, 6.45) is 4.60. The third-order valence-electron chi connectivity index (χ3n) is 3.91. The number of fused-ring (bicyclic) bond motifs is 1. The van der Waals surface area contributed by atoms with Gasteiger partial charge in [0, 0.05) is 36.8 Å². The standard InChI is InChI=1S/C17H16N4S/c1-2-4-13(5-3-1)17-20-15(11-22-17)9-21-7-6-14-8-18-12-19-16(14)10-21/h1-5,8,11-12H,6-7,9-10H2. The normalized spacial score (nSPS) is 14.7. The van der Waals surface area contributed by atoms with Gasteiger partial charge in [-0.25, -0.2) is 15.0 Å². The Morgan fingerprint density at radius 3 is 3.00 bits per heavy atom. The highest BCUT2D eigenvalue weighted by atomic mass is 32.1. The first-order valence-electron chi connectivity index (χ1n) is 7.38. The molecule has 22 heavy (non-hydrogen) atoms. The summed E-state index contributed by atoms with van der Waals surface area (Å²) in [6, 6.07) is 10.4. The van der Waals surface area contributed by atoms with Crippen LogP contribution in [-0.2, 0) is 19.5 Å². The van der Waals surface area contributed by atoms with Crippen LogP contribution in [0.4, 0.5) is 0 Å². The monoisotopic (exact) mass is 308 g/mol. The summed E-state index contributed by atoms with van der Waals surface area (Å²) in [5.74, 6) is 0. The van der Waals surface area contributed by atoms with Crippen molar-refractivity contribution in [3.8, 4) is 10.6 Å². The van der Waals surface area contributed by atoms with E-state index in [0.717, 1.165) is 42.5 Å². The lowest BCUT2D eigenvalue weighted by atomic mass is 10.1. The van der Waals surface area contributed by atoms with Crippen molar-refractivity contribution in [2.24, 2.45) is 0 Å². The van der Waals surface area contributed by atoms with Gasteiger partial charge in [-0.2, -0.15) is 0 Å². The van der Waals surface area contributed by atoms with Crippen molar-refractivity contribution in [2.75, 3.05) is 6.54 Å². The minimum Gasteiger partial charge on any atom is -0.291 e. The van der Waals surface area contributed by atoms with E-state index in [0.29, 0.717) is 0 Å². The highest BCUT2D eigenvalue weighted by Gasteiger charge is 2.18. The maximum absolute atomic E-state index is 4.77. The minimum atomic E-state index is 0.882. The summed E-state index contributed by atoms with van der Waals surface area (Å²) < 4.78 is 0. The first-order chi connectivity index (χ1) is 10.9. The van der Waals surface area contributed by atoms with E-state index < -0.39 is 0 Å². The van der Waals surface area contributed by atoms with E-state index in [9.17, 15) is 0 Å². The second kappa shape index (κ2) is 5.94. The average Bonchev–Trinajstić information content (AvgIpc) is 3.04. The van der Waals surface area contributed by atoms with Gasteiger partial charge in [-0.1, -0.05) is 30.3 Å². The Labute approximate surface area is 133 Å². The Morgan fingerprint density at radius 1 is 1.18 bits per heavy atom. The van der Waals surface area contributed by atoms with Crippen molar-refractivity contribution < 1.29 is 0 Å². The molecule has 0 N–H and O–H groups in total. The Bertz CT molecular complexity index is 769. The quantitative estimate of drug-likeness (QED) is 0.745. The van der Waals surface area contributed by atoms with Crippen LogP contribution in [0.15, 0.2) is 48.2 Å². The molecule has 0 amide bonds. The van der Waals surface area contributed by atoms with Crippen LogP contribution in [0.2, 0.25) is 0 Å². The molecule has 3 aromatic rings. The van der Waals surface area contributed by atoms with E-state index >= 15 is 0 Å². The Hall–Kier alpha value is -2.11. The van der Waals surface area contributed by atoms with Gasteiger partial charge in [0.25, 0.3) is 0 Å². The molecular formula is C17H16N4S. The maximum atomic E-state index is 4.77. The SMILES string of the molecule is c1ccc(-c2nc(CN3CCc4cncnc4C3)cs2)cc1. The number of nitrogens with zero attached hydrogens (tertiary/aromatic N) is 4. The zero-order valence-corrected chi connectivity index (χ0v) is 13.0. The average molecular weight is 308 g/mol. The summed E-state index contributed by atoms with van der Waals surface area (Å²) in [5.41, 5.74) is 4.76. The van der Waals surface area contributed by atoms with Gasteiger partial charge in [-0.3, -0.25) is 4.90 Å². The minimum absolute atomic E-state index is 0.882. The summed E-state index contributed by atoms with van der Waals surface area (Å²) in [7, 11) is 0. The summed E-state index contributed by atoms with van der Waals surface area (Å²) in [5, 5.41) is 3.26. The summed E-state index contributed by atoms with van der Waals surface area (Å²) in [4.78, 5) is 15.7. The predicted molar refractivity (Wildman–Crippen MR) is 87.4 cm³/mol. The smallest absolute Gasteiger partial charge is 0.123 e. The third-order valence-corrected chi connectivity index (χ3v) is 4.85. The second-order valence-corrected chi connectivity index (χ2v) is 6.32. The lowest BCUT2D eigenvalue weighted by Crippen LogP contribution is -2.30. The molecule has 0 saturated heterocycles. The van der Waals surface area contributed by atoms with Crippen molar-refractivity contribution in [3.63, 3.8) is 0 Å². The number of benzene rings is 1. The topological polar surface area (TPSA) is 41.9 Å². The van der Waals surface area contributed by atoms with Crippen LogP contribution in [0.1, 0.15) is 17.0 Å². The predicted octanol–water partition coefficient (Wildman–Crippen LogP) is 3.16. The van der Waals surface area contributed by atoms with Crippen LogP contribution >= 0.6 is 11.3 Å². The van der Waals surface area contributed by atoms with Gasteiger partial charge in [-0.05, 0) is 12.0 Å². The molecule has 2 aromatic heterocycles. The molecular weight excluding hydrogens is 292 g/mol. The molecule has 3 heterocycles. The van der Waals surface area contributed by atoms with Crippen LogP contribution in [0, 0.1) is 0 Å². The van der Waals surface area contributed by atoms with Crippen LogP contribution in [0.3, 0.4) is 0 Å². The number of aromatic nitrogens is 3. The fraction of sp³-hybridized carbons (Fsp3) is 0.235. The highest BCUT2D eigenvalue weighted by Crippen LogP contribution is 2.25. The second-order valence-electron chi connectivity index (χ2n) is 5.47. The van der Waals surface area contributed by atoms with E-state index in [1.807, 2.05) is 12.3 Å². The van der Waals surface area contributed by atoms with Gasteiger partial charge in [0.1, 0.15) is 11.3 Å². The van der Waals surface area contributed by atoms with Gasteiger partial charge in [-0.15, -0.1) is 11.3 Å². The third kappa shape index (κ3) is 2.77. The molecule has 5 heteroatoms. The number of hydrogen-bond donors (Lipinski definition) is 0. The maximum Gasteiger partial charge on any atom is 0.123 e. The fourth-order valence-corrected chi connectivity index (χ4v) is 3.58. The van der Waals surface area contributed by atoms with E-state index in [2.05, 4.69) is 44.5 Å². The summed E-state index contributed by atoms with van der Waals surface area (Å²) in [6.45, 7) is 2.81. The van der Waals surface area contributed by atoms with E-state index in [1.54, 1.807) is 17.7 Å². The lowest BCUT2D eigenvalue weighted by molar-refractivity contribution is 0.239. The van der Waals surface area contributed by atoms with Crippen molar-refractivity contribution in [2.45, 2.75) is 19.5 Å². The number of thiazole rings is 1. The molecule has 0 atom stereocenters. The molecule has 4 nitrogen and oxygen atoms in total. The molecule has 1 aromatic carbocycles. The Kier molecular flexibility index (Phi) is 3.66. The largest absolute Gasteiger partial charge is 0.291 e. The van der Waals surface area contributed by atoms with Gasteiger partial charge in [0.05, 0.1) is 11.4 Å². The van der Waals surface area contributed by atoms with Crippen LogP contribution in [-0.4, -0.2) is 26.4 Å². The first kappa shape index (κ1) is 13.5. The molecule has 0 spiro atoms. The molecule has 0 aliphatic carbocycles. The van der Waals surface area contributed by atoms with Crippen molar-refractivity contribution in [1.29, 1.82) is 0 Å². The number of rotatable bonds is 3. The van der Waals surface area contributed by atoms with Gasteiger partial charge in [0.2, 0.25) is 0 Å². The zero-order chi connectivity index (χ0) is 14.8. The lowest BCUT2D eigenvalue weighted by Gasteiger charge is -2.26. The van der Waals surface area contributed by atoms with Crippen molar-refractivity contribution >= 4 is 11.3 Å². The molecule has 0 saturated carbocycles. The molecule has 4 rings (SSSR count). The fourth-order valence-electron chi connectivity index (χ4n) is 2.76. The van der Waals surface area contributed by atoms with Crippen LogP contribution in [0.5, 0.6) is 0 Å². The van der Waals surface area contributed by atoms with Gasteiger partial charge >= 0.3 is 0 Å². The zero-order valence-electron chi connectivity index (χ0n) is 12.1. The molecule has 1 aliphatic heterocycles. The molecule has 0 fully saturated rings. The van der Waals surface area contributed by atoms with Crippen molar-refractivity contribution in [3.05, 3.63) is 65.2 Å². The highest BCUT2D eigenvalue weighted by molar-refractivity contribution is 7.13. The molecule has 0 radical (unpaired) electrons. The van der Waals surface area contributed by atoms with E-state index in [-0.39, 0.29) is 0 Å². The molecule has 0 bridgehead atoms. The van der Waals surface area contributed by atoms with Crippen LogP contribution in [0.25, 0.3) is 10.6 Å². The van der Waals surface area contributed by atoms with Gasteiger partial charge in [0.15, 0.2) is 0 Å². The molecule has 110 valence electrons. The van der Waals surface area contributed by atoms with Crippen LogP contribution < -0.4 is 0 Å². The molecule has 1 aliphatic rings. The summed E-state index contributed by atoms with van der Waals surface area (Å²) >= 11 is 1.71. The van der Waals surface area contributed by atoms with E-state index in [1.165, 1.54) is 11.1 Å². The Balaban J connectivity index is 1.48. The van der Waals surface area contributed by atoms with Gasteiger partial charge < -0.3 is 0 Å². The molecule has 0 unspecified atom stereocenters. The van der Waals surface area contributed by atoms with E-state index in [4.69, 9.17) is 4.98 Å².